The molecule has 0 aliphatic rings. The zero-order valence-electron chi connectivity index (χ0n) is 13.4. The monoisotopic (exact) mass is 442 g/mol. The van der Waals surface area contributed by atoms with Gasteiger partial charge < -0.3 is 4.74 Å². The minimum atomic E-state index is -2.79. The molecule has 0 fully saturated rings. The summed E-state index contributed by atoms with van der Waals surface area (Å²) in [6, 6.07) is 5.37. The molecule has 2 heterocycles. The van der Waals surface area contributed by atoms with Gasteiger partial charge in [0.2, 0.25) is 10.6 Å². The van der Waals surface area contributed by atoms with Crippen molar-refractivity contribution < 1.29 is 13.5 Å². The van der Waals surface area contributed by atoms with Crippen LogP contribution < -0.4 is 4.74 Å². The van der Waals surface area contributed by atoms with E-state index in [9.17, 15) is 8.78 Å². The zero-order valence-corrected chi connectivity index (χ0v) is 15.8. The van der Waals surface area contributed by atoms with Gasteiger partial charge in [-0.25, -0.2) is 13.9 Å². The van der Waals surface area contributed by atoms with Gasteiger partial charge in [-0.3, -0.25) is 4.68 Å². The van der Waals surface area contributed by atoms with Gasteiger partial charge in [0.25, 0.3) is 6.43 Å². The molecule has 3 rings (SSSR count). The number of methoxy groups -OCH3 is 1. The van der Waals surface area contributed by atoms with Crippen molar-refractivity contribution in [1.29, 1.82) is 0 Å². The second kappa shape index (κ2) is 7.87. The molecule has 0 bridgehead atoms. The number of nitrogens with zero attached hydrogens (tertiary/aromatic N) is 5. The van der Waals surface area contributed by atoms with Crippen molar-refractivity contribution in [2.24, 2.45) is 5.10 Å². The van der Waals surface area contributed by atoms with E-state index >= 15 is 0 Å². The highest BCUT2D eigenvalue weighted by molar-refractivity contribution is 9.10. The van der Waals surface area contributed by atoms with Crippen LogP contribution in [0, 0.1) is 4.77 Å². The van der Waals surface area contributed by atoms with E-state index < -0.39 is 12.2 Å². The number of hydrogen-bond donors (Lipinski definition) is 1. The Morgan fingerprint density at radius 2 is 2.27 bits per heavy atom. The molecule has 0 amide bonds. The largest absolute Gasteiger partial charge is 0.496 e. The van der Waals surface area contributed by atoms with E-state index in [0.29, 0.717) is 17.9 Å². The SMILES string of the molecule is COc1ccc(/C=N\n2c(C(F)F)n[nH]c2=S)cc1Cn1cc(Br)cn1. The van der Waals surface area contributed by atoms with Gasteiger partial charge in [0.05, 0.1) is 30.5 Å². The van der Waals surface area contributed by atoms with Crippen LogP contribution in [0.4, 0.5) is 8.78 Å². The fourth-order valence-corrected chi connectivity index (χ4v) is 2.80. The van der Waals surface area contributed by atoms with Crippen molar-refractivity contribution in [3.8, 4) is 5.75 Å². The number of ether oxygens (including phenoxy) is 1. The number of nitrogens with one attached hydrogen (secondary N) is 1. The van der Waals surface area contributed by atoms with E-state index in [2.05, 4.69) is 36.3 Å². The van der Waals surface area contributed by atoms with Crippen molar-refractivity contribution in [3.63, 3.8) is 0 Å². The highest BCUT2D eigenvalue weighted by Gasteiger charge is 2.16. The summed E-state index contributed by atoms with van der Waals surface area (Å²) in [5, 5.41) is 14.0. The van der Waals surface area contributed by atoms with Crippen LogP contribution in [0.5, 0.6) is 5.75 Å². The van der Waals surface area contributed by atoms with Crippen molar-refractivity contribution in [1.82, 2.24) is 24.7 Å². The molecule has 0 unspecified atom stereocenters. The summed E-state index contributed by atoms with van der Waals surface area (Å²) in [6.45, 7) is 0.476. The molecule has 2 aromatic heterocycles. The van der Waals surface area contributed by atoms with Gasteiger partial charge in [-0.2, -0.15) is 20.0 Å². The normalized spacial score (nSPS) is 11.6. The van der Waals surface area contributed by atoms with Crippen molar-refractivity contribution in [2.45, 2.75) is 13.0 Å². The van der Waals surface area contributed by atoms with E-state index in [-0.39, 0.29) is 4.77 Å². The third kappa shape index (κ3) is 4.05. The highest BCUT2D eigenvalue weighted by Crippen LogP contribution is 2.21. The van der Waals surface area contributed by atoms with E-state index in [1.807, 2.05) is 12.3 Å². The predicted octanol–water partition coefficient (Wildman–Crippen LogP) is 3.78. The molecule has 11 heteroatoms. The minimum absolute atomic E-state index is 0.00771. The van der Waals surface area contributed by atoms with Gasteiger partial charge in [0.15, 0.2) is 0 Å². The molecule has 1 N–H and O–H groups in total. The molecule has 0 radical (unpaired) electrons. The number of H-pyrrole nitrogens is 1. The number of alkyl halides is 2. The van der Waals surface area contributed by atoms with Gasteiger partial charge in [-0.1, -0.05) is 0 Å². The first-order valence-corrected chi connectivity index (χ1v) is 8.52. The Morgan fingerprint density at radius 1 is 1.46 bits per heavy atom. The number of hydrogen-bond acceptors (Lipinski definition) is 5. The van der Waals surface area contributed by atoms with Crippen LogP contribution in [0.2, 0.25) is 0 Å². The molecule has 3 aromatic rings. The van der Waals surface area contributed by atoms with Crippen LogP contribution in [0.15, 0.2) is 40.2 Å². The summed E-state index contributed by atoms with van der Waals surface area (Å²) >= 11 is 8.27. The third-order valence-electron chi connectivity index (χ3n) is 3.43. The lowest BCUT2D eigenvalue weighted by molar-refractivity contribution is 0.136. The van der Waals surface area contributed by atoms with E-state index in [1.165, 1.54) is 6.21 Å². The van der Waals surface area contributed by atoms with Gasteiger partial charge in [0, 0.05) is 11.8 Å². The van der Waals surface area contributed by atoms with Crippen molar-refractivity contribution in [2.75, 3.05) is 7.11 Å². The van der Waals surface area contributed by atoms with Crippen LogP contribution >= 0.6 is 28.1 Å². The average molecular weight is 443 g/mol. The first-order chi connectivity index (χ1) is 12.5. The van der Waals surface area contributed by atoms with Crippen LogP contribution in [-0.2, 0) is 6.54 Å². The van der Waals surface area contributed by atoms with E-state index in [4.69, 9.17) is 17.0 Å². The quantitative estimate of drug-likeness (QED) is 0.465. The Bertz CT molecular complexity index is 996. The summed E-state index contributed by atoms with van der Waals surface area (Å²) in [5.74, 6) is 0.142. The number of benzene rings is 1. The van der Waals surface area contributed by atoms with Gasteiger partial charge in [0.1, 0.15) is 5.75 Å². The van der Waals surface area contributed by atoms with E-state index in [0.717, 1.165) is 14.7 Å². The molecular weight excluding hydrogens is 430 g/mol. The van der Waals surface area contributed by atoms with Gasteiger partial charge >= 0.3 is 0 Å². The second-order valence-corrected chi connectivity index (χ2v) is 6.47. The maximum Gasteiger partial charge on any atom is 0.299 e. The molecule has 26 heavy (non-hydrogen) atoms. The van der Waals surface area contributed by atoms with Crippen LogP contribution in [0.1, 0.15) is 23.4 Å². The van der Waals surface area contributed by atoms with Crippen molar-refractivity contribution >= 4 is 34.4 Å². The Labute approximate surface area is 160 Å². The lowest BCUT2D eigenvalue weighted by Crippen LogP contribution is -2.03. The van der Waals surface area contributed by atoms with Gasteiger partial charge in [-0.15, -0.1) is 0 Å². The summed E-state index contributed by atoms with van der Waals surface area (Å²) in [4.78, 5) is 0. The fraction of sp³-hybridized carbons (Fsp3) is 0.200. The van der Waals surface area contributed by atoms with Crippen LogP contribution in [0.25, 0.3) is 0 Å². The molecule has 0 atom stereocenters. The third-order valence-corrected chi connectivity index (χ3v) is 4.11. The molecule has 0 aliphatic carbocycles. The topological polar surface area (TPSA) is 73.0 Å². The maximum atomic E-state index is 12.9. The highest BCUT2D eigenvalue weighted by atomic mass is 79.9. The number of aromatic amines is 1. The lowest BCUT2D eigenvalue weighted by atomic mass is 10.1. The lowest BCUT2D eigenvalue weighted by Gasteiger charge is -2.09. The first-order valence-electron chi connectivity index (χ1n) is 7.32. The summed E-state index contributed by atoms with van der Waals surface area (Å²) in [7, 11) is 1.57. The maximum absolute atomic E-state index is 12.9. The molecule has 0 saturated carbocycles. The second-order valence-electron chi connectivity index (χ2n) is 5.17. The molecule has 0 saturated heterocycles. The zero-order chi connectivity index (χ0) is 18.7. The summed E-state index contributed by atoms with van der Waals surface area (Å²) in [6.07, 6.45) is 2.16. The number of halogens is 3. The van der Waals surface area contributed by atoms with Crippen LogP contribution in [-0.4, -0.2) is 38.0 Å². The first kappa shape index (κ1) is 18.4. The number of rotatable bonds is 6. The number of aromatic nitrogens is 5. The molecule has 0 aliphatic heterocycles. The molecule has 136 valence electrons. The molecule has 0 spiro atoms. The smallest absolute Gasteiger partial charge is 0.299 e. The summed E-state index contributed by atoms with van der Waals surface area (Å²) in [5.41, 5.74) is 1.55. The molecular formula is C15H13BrF2N6OS. The summed E-state index contributed by atoms with van der Waals surface area (Å²) < 4.78 is 34.7. The average Bonchev–Trinajstić information content (AvgIpc) is 3.18. The van der Waals surface area contributed by atoms with Crippen LogP contribution in [0.3, 0.4) is 0 Å². The predicted molar refractivity (Wildman–Crippen MR) is 97.4 cm³/mol. The van der Waals surface area contributed by atoms with Gasteiger partial charge in [-0.05, 0) is 51.9 Å². The Hall–Kier alpha value is -2.40. The van der Waals surface area contributed by atoms with E-state index in [1.54, 1.807) is 30.1 Å². The Kier molecular flexibility index (Phi) is 5.57. The Morgan fingerprint density at radius 3 is 2.92 bits per heavy atom. The van der Waals surface area contributed by atoms with Crippen molar-refractivity contribution in [3.05, 3.63) is 56.8 Å². The standard InChI is InChI=1S/C15H13BrF2N6OS/c1-25-12-3-2-9(4-10(12)7-23-8-11(16)6-19-23)5-20-24-14(13(17)18)21-22-15(24)26/h2-6,8,13H,7H2,1H3,(H,22,26)/b20-5-. The molecule has 7 nitrogen and oxygen atoms in total. The fourth-order valence-electron chi connectivity index (χ4n) is 2.28. The molecule has 1 aromatic carbocycles. The minimum Gasteiger partial charge on any atom is -0.496 e. The Balaban J connectivity index is 1.90.